The Morgan fingerprint density at radius 2 is 1.80 bits per heavy atom. The minimum absolute atomic E-state index is 0.302. The smallest absolute Gasteiger partial charge is 0.310 e. The van der Waals surface area contributed by atoms with E-state index < -0.39 is 30.0 Å². The Morgan fingerprint density at radius 1 is 1.15 bits per heavy atom. The number of hydrogen-bond donors (Lipinski definition) is 2. The van der Waals surface area contributed by atoms with E-state index in [1.807, 2.05) is 25.1 Å². The molecule has 0 radical (unpaired) electrons. The normalized spacial score (nSPS) is 30.4. The third-order valence-corrected chi connectivity index (χ3v) is 3.89. The van der Waals surface area contributed by atoms with E-state index in [4.69, 9.17) is 4.74 Å². The van der Waals surface area contributed by atoms with Crippen molar-refractivity contribution >= 4 is 17.6 Å². The minimum atomic E-state index is -0.994. The van der Waals surface area contributed by atoms with E-state index in [1.165, 1.54) is 0 Å². The van der Waals surface area contributed by atoms with Gasteiger partial charge in [0.15, 0.2) is 0 Å². The van der Waals surface area contributed by atoms with Crippen molar-refractivity contribution < 1.29 is 19.4 Å². The maximum atomic E-state index is 12.4. The summed E-state index contributed by atoms with van der Waals surface area (Å²) in [6.45, 7) is 1.89. The summed E-state index contributed by atoms with van der Waals surface area (Å²) < 4.78 is 5.50. The lowest BCUT2D eigenvalue weighted by atomic mass is 9.82. The molecule has 5 nitrogen and oxygen atoms in total. The molecule has 1 fully saturated rings. The molecular weight excluding hydrogens is 258 g/mol. The highest BCUT2D eigenvalue weighted by Crippen LogP contribution is 2.39. The summed E-state index contributed by atoms with van der Waals surface area (Å²) in [5.74, 6) is -2.79. The highest BCUT2D eigenvalue weighted by atomic mass is 16.5. The van der Waals surface area contributed by atoms with Gasteiger partial charge >= 0.3 is 5.97 Å². The zero-order valence-corrected chi connectivity index (χ0v) is 10.9. The minimum Gasteiger partial charge on any atom is -0.481 e. The van der Waals surface area contributed by atoms with Crippen LogP contribution in [0, 0.1) is 18.8 Å². The first-order valence-electron chi connectivity index (χ1n) is 6.51. The monoisotopic (exact) mass is 273 g/mol. The van der Waals surface area contributed by atoms with E-state index in [9.17, 15) is 14.7 Å². The van der Waals surface area contributed by atoms with Gasteiger partial charge in [0, 0.05) is 5.69 Å². The van der Waals surface area contributed by atoms with Gasteiger partial charge in [-0.3, -0.25) is 9.59 Å². The molecule has 4 atom stereocenters. The van der Waals surface area contributed by atoms with Crippen molar-refractivity contribution in [1.29, 1.82) is 0 Å². The Kier molecular flexibility index (Phi) is 3.06. The lowest BCUT2D eigenvalue weighted by Gasteiger charge is -2.21. The van der Waals surface area contributed by atoms with E-state index in [0.717, 1.165) is 5.56 Å². The van der Waals surface area contributed by atoms with Crippen LogP contribution < -0.4 is 5.32 Å². The van der Waals surface area contributed by atoms with Gasteiger partial charge in [0.2, 0.25) is 5.91 Å². The highest BCUT2D eigenvalue weighted by molar-refractivity contribution is 5.97. The van der Waals surface area contributed by atoms with Crippen molar-refractivity contribution in [3.05, 3.63) is 42.0 Å². The van der Waals surface area contributed by atoms with Crippen LogP contribution in [0.3, 0.4) is 0 Å². The molecular formula is C15H15NO4. The number of aryl methyl sites for hydroxylation is 1. The van der Waals surface area contributed by atoms with E-state index in [1.54, 1.807) is 18.2 Å². The first kappa shape index (κ1) is 12.9. The number of para-hydroxylation sites is 1. The number of fused-ring (bicyclic) bond motifs is 2. The van der Waals surface area contributed by atoms with Crippen LogP contribution in [-0.4, -0.2) is 29.2 Å². The molecule has 2 bridgehead atoms. The fraction of sp³-hybridized carbons (Fsp3) is 0.333. The molecule has 1 amide bonds. The molecule has 0 saturated carbocycles. The first-order valence-corrected chi connectivity index (χ1v) is 6.51. The largest absolute Gasteiger partial charge is 0.481 e. The molecule has 1 saturated heterocycles. The highest BCUT2D eigenvalue weighted by Gasteiger charge is 2.53. The van der Waals surface area contributed by atoms with Crippen LogP contribution in [0.5, 0.6) is 0 Å². The molecule has 0 aromatic heterocycles. The van der Waals surface area contributed by atoms with Gasteiger partial charge in [-0.1, -0.05) is 30.4 Å². The quantitative estimate of drug-likeness (QED) is 0.820. The number of aliphatic carboxylic acids is 1. The number of carboxylic acids is 1. The number of carbonyl (C=O) groups excluding carboxylic acids is 1. The van der Waals surface area contributed by atoms with Crippen molar-refractivity contribution in [2.45, 2.75) is 19.1 Å². The Morgan fingerprint density at radius 3 is 2.45 bits per heavy atom. The van der Waals surface area contributed by atoms with Gasteiger partial charge in [-0.05, 0) is 18.6 Å². The number of carbonyl (C=O) groups is 2. The summed E-state index contributed by atoms with van der Waals surface area (Å²) in [5.41, 5.74) is 1.64. The maximum absolute atomic E-state index is 12.4. The van der Waals surface area contributed by atoms with E-state index in [2.05, 4.69) is 5.32 Å². The number of carboxylic acid groups (broad SMARTS) is 1. The molecule has 20 heavy (non-hydrogen) atoms. The number of rotatable bonds is 3. The van der Waals surface area contributed by atoms with Gasteiger partial charge in [0.05, 0.1) is 18.1 Å². The molecule has 5 heteroatoms. The van der Waals surface area contributed by atoms with Crippen molar-refractivity contribution in [2.24, 2.45) is 11.8 Å². The summed E-state index contributed by atoms with van der Waals surface area (Å²) >= 11 is 0. The summed E-state index contributed by atoms with van der Waals surface area (Å²) in [6.07, 6.45) is 2.56. The number of anilines is 1. The number of hydrogen-bond acceptors (Lipinski definition) is 3. The van der Waals surface area contributed by atoms with E-state index in [-0.39, 0.29) is 5.91 Å². The first-order chi connectivity index (χ1) is 9.58. The molecule has 0 unspecified atom stereocenters. The summed E-state index contributed by atoms with van der Waals surface area (Å²) in [6, 6.07) is 7.40. The van der Waals surface area contributed by atoms with Crippen LogP contribution in [0.2, 0.25) is 0 Å². The van der Waals surface area contributed by atoms with Crippen LogP contribution >= 0.6 is 0 Å². The van der Waals surface area contributed by atoms with Gasteiger partial charge in [-0.2, -0.15) is 0 Å². The lowest BCUT2D eigenvalue weighted by molar-refractivity contribution is -0.145. The average Bonchev–Trinajstić information content (AvgIpc) is 3.01. The predicted molar refractivity (Wildman–Crippen MR) is 72.2 cm³/mol. The van der Waals surface area contributed by atoms with Gasteiger partial charge in [-0.25, -0.2) is 0 Å². The fourth-order valence-corrected chi connectivity index (χ4v) is 2.84. The van der Waals surface area contributed by atoms with Crippen molar-refractivity contribution in [1.82, 2.24) is 0 Å². The lowest BCUT2D eigenvalue weighted by Crippen LogP contribution is -2.39. The average molecular weight is 273 g/mol. The van der Waals surface area contributed by atoms with Crippen molar-refractivity contribution in [3.8, 4) is 0 Å². The molecule has 0 spiro atoms. The Bertz CT molecular complexity index is 595. The topological polar surface area (TPSA) is 75.6 Å². The Hall–Kier alpha value is -2.14. The summed E-state index contributed by atoms with van der Waals surface area (Å²) in [7, 11) is 0. The van der Waals surface area contributed by atoms with E-state index in [0.29, 0.717) is 5.69 Å². The van der Waals surface area contributed by atoms with Crippen molar-refractivity contribution in [2.75, 3.05) is 5.32 Å². The number of ether oxygens (including phenoxy) is 1. The molecule has 2 aliphatic rings. The second-order valence-corrected chi connectivity index (χ2v) is 5.14. The van der Waals surface area contributed by atoms with Gasteiger partial charge < -0.3 is 15.2 Å². The van der Waals surface area contributed by atoms with Crippen LogP contribution in [0.4, 0.5) is 5.69 Å². The number of amides is 1. The third kappa shape index (κ3) is 2.00. The second kappa shape index (κ2) is 4.76. The molecule has 1 aromatic carbocycles. The van der Waals surface area contributed by atoms with Crippen molar-refractivity contribution in [3.63, 3.8) is 0 Å². The zero-order valence-electron chi connectivity index (χ0n) is 10.9. The van der Waals surface area contributed by atoms with Gasteiger partial charge in [0.25, 0.3) is 0 Å². The number of nitrogens with one attached hydrogen (secondary N) is 1. The molecule has 3 rings (SSSR count). The molecule has 1 aromatic rings. The molecule has 0 aliphatic carbocycles. The molecule has 2 N–H and O–H groups in total. The Balaban J connectivity index is 1.82. The SMILES string of the molecule is Cc1ccccc1NC(=O)[C@H]1[C@@H](C(=O)O)[C@H]2C=C[C@H]1O2. The van der Waals surface area contributed by atoms with Crippen LogP contribution in [0.25, 0.3) is 0 Å². The van der Waals surface area contributed by atoms with E-state index >= 15 is 0 Å². The van der Waals surface area contributed by atoms with Gasteiger partial charge in [-0.15, -0.1) is 0 Å². The fourth-order valence-electron chi connectivity index (χ4n) is 2.84. The molecule has 2 aliphatic heterocycles. The summed E-state index contributed by atoms with van der Waals surface area (Å²) in [5, 5.41) is 12.1. The molecule has 104 valence electrons. The standard InChI is InChI=1S/C15H15NO4/c1-8-4-2-3-5-9(8)16-14(17)12-10-6-7-11(20-10)13(12)15(18)19/h2-7,10-13H,1H3,(H,16,17)(H,18,19)/t10-,11-,12-,13+/m1/s1. The maximum Gasteiger partial charge on any atom is 0.310 e. The van der Waals surface area contributed by atoms with Crippen LogP contribution in [0.1, 0.15) is 5.56 Å². The predicted octanol–water partition coefficient (Wildman–Crippen LogP) is 1.59. The van der Waals surface area contributed by atoms with Crippen LogP contribution in [-0.2, 0) is 14.3 Å². The zero-order chi connectivity index (χ0) is 14.3. The number of benzene rings is 1. The molecule has 2 heterocycles. The summed E-state index contributed by atoms with van der Waals surface area (Å²) in [4.78, 5) is 23.7. The van der Waals surface area contributed by atoms with Gasteiger partial charge in [0.1, 0.15) is 5.92 Å². The van der Waals surface area contributed by atoms with Crippen LogP contribution in [0.15, 0.2) is 36.4 Å². The second-order valence-electron chi connectivity index (χ2n) is 5.14. The third-order valence-electron chi connectivity index (χ3n) is 3.89. The Labute approximate surface area is 116 Å².